The zero-order valence-electron chi connectivity index (χ0n) is 22.3. The van der Waals surface area contributed by atoms with Crippen LogP contribution in [-0.4, -0.2) is 86.4 Å². The molecule has 43 heavy (non-hydrogen) atoms. The number of aromatic nitrogens is 1. The standard InChI is InChI=1S/C24H22N6O11S2/c1-11(31)40-8-13-9-42-21-17(20(33)29(21)18(13)22(34)35)26-19(32)16(28-39-2)15-10-43-23(25-15)27-24(36)41-7-12-3-5-14(6-4-12)30(37)38/h3-6,10,17,21H,7-9H2,1-2H3,(H,26,32)(H,34,35)(H,25,27,36)/t17-,21-/m1/s1. The first-order valence-corrected chi connectivity index (χ1v) is 14.0. The number of thiazole rings is 1. The van der Waals surface area contributed by atoms with E-state index in [2.05, 4.69) is 20.8 Å². The molecule has 226 valence electrons. The van der Waals surface area contributed by atoms with Crippen molar-refractivity contribution in [3.63, 3.8) is 0 Å². The highest BCUT2D eigenvalue weighted by molar-refractivity contribution is 8.00. The molecule has 3 heterocycles. The highest BCUT2D eigenvalue weighted by Gasteiger charge is 2.54. The molecule has 3 amide bonds. The molecule has 4 rings (SSSR count). The topological polar surface area (TPSA) is 229 Å². The molecule has 0 unspecified atom stereocenters. The Morgan fingerprint density at radius 3 is 2.56 bits per heavy atom. The molecule has 2 atom stereocenters. The summed E-state index contributed by atoms with van der Waals surface area (Å²) >= 11 is 2.13. The van der Waals surface area contributed by atoms with Gasteiger partial charge in [0.1, 0.15) is 43.1 Å². The van der Waals surface area contributed by atoms with E-state index in [4.69, 9.17) is 14.3 Å². The highest BCUT2D eigenvalue weighted by atomic mass is 32.2. The number of benzene rings is 1. The molecular weight excluding hydrogens is 612 g/mol. The largest absolute Gasteiger partial charge is 0.477 e. The smallest absolute Gasteiger partial charge is 0.413 e. The number of hydrogen-bond donors (Lipinski definition) is 3. The number of carboxylic acid groups (broad SMARTS) is 1. The molecule has 1 fully saturated rings. The van der Waals surface area contributed by atoms with E-state index in [1.165, 1.54) is 55.4 Å². The third-order valence-electron chi connectivity index (χ3n) is 5.86. The maximum Gasteiger partial charge on any atom is 0.413 e. The van der Waals surface area contributed by atoms with Crippen molar-refractivity contribution in [3.05, 3.63) is 62.3 Å². The van der Waals surface area contributed by atoms with Gasteiger partial charge < -0.3 is 24.7 Å². The molecule has 1 saturated heterocycles. The number of nitrogens with zero attached hydrogens (tertiary/aromatic N) is 4. The number of hydrogen-bond acceptors (Lipinski definition) is 14. The van der Waals surface area contributed by atoms with E-state index in [1.54, 1.807) is 0 Å². The van der Waals surface area contributed by atoms with E-state index in [1.807, 2.05) is 0 Å². The second-order valence-electron chi connectivity index (χ2n) is 8.68. The summed E-state index contributed by atoms with van der Waals surface area (Å²) in [6, 6.07) is 4.35. The van der Waals surface area contributed by atoms with Crippen LogP contribution in [0.5, 0.6) is 0 Å². The summed E-state index contributed by atoms with van der Waals surface area (Å²) in [5.41, 5.74) is 0.0373. The van der Waals surface area contributed by atoms with Crippen LogP contribution < -0.4 is 10.6 Å². The minimum atomic E-state index is -1.37. The molecule has 1 aromatic heterocycles. The van der Waals surface area contributed by atoms with Crippen molar-refractivity contribution in [3.8, 4) is 0 Å². The van der Waals surface area contributed by atoms with Gasteiger partial charge in [0.05, 0.1) is 4.92 Å². The van der Waals surface area contributed by atoms with Crippen LogP contribution in [-0.2, 0) is 40.1 Å². The van der Waals surface area contributed by atoms with E-state index in [0.717, 1.165) is 16.2 Å². The Morgan fingerprint density at radius 2 is 1.93 bits per heavy atom. The first kappa shape index (κ1) is 30.9. The van der Waals surface area contributed by atoms with Crippen molar-refractivity contribution in [1.29, 1.82) is 0 Å². The molecule has 2 aromatic rings. The number of oxime groups is 1. The van der Waals surface area contributed by atoms with Crippen molar-refractivity contribution in [2.24, 2.45) is 5.16 Å². The fraction of sp³-hybridized carbons (Fsp3) is 0.292. The van der Waals surface area contributed by atoms with Gasteiger partial charge in [-0.2, -0.15) is 0 Å². The number of amides is 3. The molecule has 0 spiro atoms. The lowest BCUT2D eigenvalue weighted by atomic mass is 10.0. The average Bonchev–Trinajstić information content (AvgIpc) is 3.43. The van der Waals surface area contributed by atoms with Gasteiger partial charge in [-0.05, 0) is 17.7 Å². The average molecular weight is 635 g/mol. The van der Waals surface area contributed by atoms with Crippen molar-refractivity contribution in [2.45, 2.75) is 24.9 Å². The summed E-state index contributed by atoms with van der Waals surface area (Å²) in [5.74, 6) is -3.35. The fourth-order valence-electron chi connectivity index (χ4n) is 3.91. The number of aliphatic carboxylic acids is 1. The third kappa shape index (κ3) is 7.07. The van der Waals surface area contributed by atoms with Gasteiger partial charge >= 0.3 is 18.0 Å². The summed E-state index contributed by atoms with van der Waals surface area (Å²) in [6.45, 7) is 0.722. The van der Waals surface area contributed by atoms with Crippen LogP contribution in [0.25, 0.3) is 0 Å². The first-order chi connectivity index (χ1) is 20.5. The van der Waals surface area contributed by atoms with E-state index in [0.29, 0.717) is 5.56 Å². The second-order valence-corrected chi connectivity index (χ2v) is 10.6. The first-order valence-electron chi connectivity index (χ1n) is 12.1. The zero-order chi connectivity index (χ0) is 31.3. The van der Waals surface area contributed by atoms with Crippen LogP contribution in [0.1, 0.15) is 18.2 Å². The molecule has 0 aliphatic carbocycles. The summed E-state index contributed by atoms with van der Waals surface area (Å²) in [5, 5.41) is 29.8. The fourth-order valence-corrected chi connectivity index (χ4v) is 5.92. The van der Waals surface area contributed by atoms with Crippen molar-refractivity contribution in [1.82, 2.24) is 15.2 Å². The minimum Gasteiger partial charge on any atom is -0.477 e. The lowest BCUT2D eigenvalue weighted by Gasteiger charge is -2.49. The molecule has 2 aliphatic rings. The predicted molar refractivity (Wildman–Crippen MR) is 149 cm³/mol. The number of nitro benzene ring substituents is 1. The van der Waals surface area contributed by atoms with E-state index >= 15 is 0 Å². The predicted octanol–water partition coefficient (Wildman–Crippen LogP) is 1.45. The van der Waals surface area contributed by atoms with Gasteiger partial charge in [-0.3, -0.25) is 34.7 Å². The van der Waals surface area contributed by atoms with Gasteiger partial charge in [-0.1, -0.05) is 5.16 Å². The third-order valence-corrected chi connectivity index (χ3v) is 7.95. The molecule has 19 heteroatoms. The van der Waals surface area contributed by atoms with E-state index < -0.39 is 46.2 Å². The maximum absolute atomic E-state index is 13.1. The van der Waals surface area contributed by atoms with Crippen molar-refractivity contribution in [2.75, 3.05) is 24.8 Å². The molecular formula is C24H22N6O11S2. The molecule has 3 N–H and O–H groups in total. The minimum absolute atomic E-state index is 0.00438. The Balaban J connectivity index is 1.37. The number of carbonyl (C=O) groups is 5. The van der Waals surface area contributed by atoms with Gasteiger partial charge in [-0.15, -0.1) is 23.1 Å². The number of thioether (sulfide) groups is 1. The van der Waals surface area contributed by atoms with Crippen molar-refractivity contribution < 1.29 is 48.3 Å². The number of non-ortho nitro benzene ring substituents is 1. The normalized spacial score (nSPS) is 17.8. The van der Waals surface area contributed by atoms with Gasteiger partial charge in [0.2, 0.25) is 0 Å². The number of nitro groups is 1. The highest BCUT2D eigenvalue weighted by Crippen LogP contribution is 2.40. The van der Waals surface area contributed by atoms with Gasteiger partial charge in [0, 0.05) is 35.8 Å². The monoisotopic (exact) mass is 634 g/mol. The molecule has 2 aliphatic heterocycles. The van der Waals surface area contributed by atoms with Gasteiger partial charge in [0.15, 0.2) is 10.8 Å². The van der Waals surface area contributed by atoms with E-state index in [-0.39, 0.29) is 52.5 Å². The Bertz CT molecular complexity index is 1540. The number of esters is 1. The van der Waals surface area contributed by atoms with Crippen LogP contribution >= 0.6 is 23.1 Å². The van der Waals surface area contributed by atoms with Crippen molar-refractivity contribution >= 4 is 69.5 Å². The van der Waals surface area contributed by atoms with Crippen LogP contribution in [0.2, 0.25) is 0 Å². The second kappa shape index (κ2) is 13.3. The van der Waals surface area contributed by atoms with Crippen LogP contribution in [0.3, 0.4) is 0 Å². The molecule has 1 aromatic carbocycles. The number of carbonyl (C=O) groups excluding carboxylic acids is 4. The van der Waals surface area contributed by atoms with Crippen LogP contribution in [0.15, 0.2) is 46.1 Å². The number of nitrogens with one attached hydrogen (secondary N) is 2. The summed E-state index contributed by atoms with van der Waals surface area (Å²) in [4.78, 5) is 81.4. The van der Waals surface area contributed by atoms with Gasteiger partial charge in [-0.25, -0.2) is 14.6 Å². The molecule has 0 radical (unpaired) electrons. The van der Waals surface area contributed by atoms with E-state index in [9.17, 15) is 39.2 Å². The lowest BCUT2D eigenvalue weighted by Crippen LogP contribution is -2.71. The number of anilines is 1. The van der Waals surface area contributed by atoms with Crippen LogP contribution in [0.4, 0.5) is 15.6 Å². The molecule has 0 saturated carbocycles. The Hall–Kier alpha value is -5.04. The lowest BCUT2D eigenvalue weighted by molar-refractivity contribution is -0.384. The molecule has 17 nitrogen and oxygen atoms in total. The maximum atomic E-state index is 13.1. The Morgan fingerprint density at radius 1 is 1.21 bits per heavy atom. The van der Waals surface area contributed by atoms with Crippen LogP contribution in [0, 0.1) is 10.1 Å². The number of ether oxygens (including phenoxy) is 2. The number of carboxylic acids is 1. The Kier molecular flexibility index (Phi) is 9.56. The summed E-state index contributed by atoms with van der Waals surface area (Å²) in [6.07, 6.45) is -0.876. The quantitative estimate of drug-likeness (QED) is 0.105. The van der Waals surface area contributed by atoms with Gasteiger partial charge in [0.25, 0.3) is 17.5 Å². The zero-order valence-corrected chi connectivity index (χ0v) is 23.9. The molecule has 0 bridgehead atoms. The Labute approximate surface area is 250 Å². The summed E-state index contributed by atoms with van der Waals surface area (Å²) in [7, 11) is 1.19. The number of rotatable bonds is 11. The SMILES string of the molecule is CON=C(C(=O)N[C@@H]1C(=O)N2C(C(=O)O)=C(COC(C)=O)CS[C@H]12)c1csc(NC(=O)OCc2ccc([N+](=O)[O-])cc2)n1. The number of fused-ring (bicyclic) bond motifs is 1. The summed E-state index contributed by atoms with van der Waals surface area (Å²) < 4.78 is 9.99. The number of β-lactam (4-membered cyclic amide) rings is 1.